The summed E-state index contributed by atoms with van der Waals surface area (Å²) in [6.07, 6.45) is 5.93. The van der Waals surface area contributed by atoms with E-state index in [0.29, 0.717) is 5.02 Å². The van der Waals surface area contributed by atoms with Crippen LogP contribution in [-0.4, -0.2) is 18.3 Å². The first-order valence-corrected chi connectivity index (χ1v) is 7.62. The van der Waals surface area contributed by atoms with E-state index in [1.54, 1.807) is 0 Å². The van der Waals surface area contributed by atoms with Gasteiger partial charge in [-0.3, -0.25) is 0 Å². The molecule has 0 radical (unpaired) electrons. The maximum atomic E-state index is 9.65. The predicted octanol–water partition coefficient (Wildman–Crippen LogP) is 4.46. The first kappa shape index (κ1) is 14.2. The van der Waals surface area contributed by atoms with E-state index in [9.17, 15) is 5.11 Å². The van der Waals surface area contributed by atoms with Crippen molar-refractivity contribution >= 4 is 33.2 Å². The summed E-state index contributed by atoms with van der Waals surface area (Å²) in [6, 6.07) is 5.83. The van der Waals surface area contributed by atoms with E-state index >= 15 is 0 Å². The second-order valence-electron chi connectivity index (χ2n) is 5.20. The van der Waals surface area contributed by atoms with Crippen molar-refractivity contribution in [1.82, 2.24) is 0 Å². The van der Waals surface area contributed by atoms with Gasteiger partial charge in [-0.05, 0) is 31.0 Å². The average molecular weight is 333 g/mol. The first-order chi connectivity index (χ1) is 8.65. The molecule has 1 saturated carbocycles. The van der Waals surface area contributed by atoms with Crippen LogP contribution in [0.2, 0.25) is 5.02 Å². The first-order valence-electron chi connectivity index (χ1n) is 6.45. The normalized spacial score (nSPS) is 18.6. The molecule has 100 valence electrons. The summed E-state index contributed by atoms with van der Waals surface area (Å²) >= 11 is 9.58. The zero-order valence-corrected chi connectivity index (χ0v) is 12.7. The molecule has 0 amide bonds. The van der Waals surface area contributed by atoms with Crippen molar-refractivity contribution in [3.05, 3.63) is 27.7 Å². The number of hydrogen-bond acceptors (Lipinski definition) is 2. The van der Waals surface area contributed by atoms with Gasteiger partial charge in [0.25, 0.3) is 0 Å². The van der Waals surface area contributed by atoms with Crippen LogP contribution >= 0.6 is 27.5 Å². The van der Waals surface area contributed by atoms with Gasteiger partial charge in [-0.1, -0.05) is 46.8 Å². The Kier molecular flexibility index (Phi) is 4.93. The van der Waals surface area contributed by atoms with E-state index in [1.165, 1.54) is 19.3 Å². The molecule has 0 aromatic heterocycles. The van der Waals surface area contributed by atoms with Crippen molar-refractivity contribution in [3.8, 4) is 0 Å². The summed E-state index contributed by atoms with van der Waals surface area (Å²) < 4.78 is 0.979. The largest absolute Gasteiger partial charge is 0.396 e. The van der Waals surface area contributed by atoms with Gasteiger partial charge in [-0.25, -0.2) is 0 Å². The molecule has 0 spiro atoms. The van der Waals surface area contributed by atoms with Gasteiger partial charge in [0.15, 0.2) is 0 Å². The molecule has 0 heterocycles. The van der Waals surface area contributed by atoms with E-state index in [4.69, 9.17) is 11.6 Å². The van der Waals surface area contributed by atoms with Crippen LogP contribution < -0.4 is 5.32 Å². The van der Waals surface area contributed by atoms with Gasteiger partial charge in [0, 0.05) is 16.4 Å². The molecule has 4 heteroatoms. The van der Waals surface area contributed by atoms with E-state index in [1.807, 2.05) is 18.2 Å². The molecule has 2 N–H and O–H groups in total. The molecule has 2 rings (SSSR count). The van der Waals surface area contributed by atoms with Crippen molar-refractivity contribution in [2.24, 2.45) is 5.41 Å². The minimum atomic E-state index is 0.0364. The lowest BCUT2D eigenvalue weighted by Gasteiger charge is -2.36. The minimum Gasteiger partial charge on any atom is -0.396 e. The van der Waals surface area contributed by atoms with E-state index in [0.717, 1.165) is 29.5 Å². The Bertz CT molecular complexity index is 405. The van der Waals surface area contributed by atoms with Gasteiger partial charge in [0.2, 0.25) is 0 Å². The number of aliphatic hydroxyl groups is 1. The van der Waals surface area contributed by atoms with Crippen LogP contribution in [0.15, 0.2) is 22.7 Å². The molecule has 1 aromatic rings. The molecule has 1 fully saturated rings. The molecular weight excluding hydrogens is 314 g/mol. The van der Waals surface area contributed by atoms with Crippen LogP contribution in [0.3, 0.4) is 0 Å². The molecule has 0 bridgehead atoms. The summed E-state index contributed by atoms with van der Waals surface area (Å²) in [4.78, 5) is 0. The van der Waals surface area contributed by atoms with E-state index in [2.05, 4.69) is 21.2 Å². The molecule has 2 nitrogen and oxygen atoms in total. The number of benzene rings is 1. The lowest BCUT2D eigenvalue weighted by molar-refractivity contribution is 0.0944. The predicted molar refractivity (Wildman–Crippen MR) is 80.2 cm³/mol. The highest BCUT2D eigenvalue weighted by Crippen LogP contribution is 2.36. The average Bonchev–Trinajstić information content (AvgIpc) is 2.39. The summed E-state index contributed by atoms with van der Waals surface area (Å²) in [5.74, 6) is 0. The van der Waals surface area contributed by atoms with Crippen molar-refractivity contribution < 1.29 is 5.11 Å². The number of halogens is 2. The van der Waals surface area contributed by atoms with Gasteiger partial charge in [0.05, 0.1) is 17.3 Å². The summed E-state index contributed by atoms with van der Waals surface area (Å²) in [6.45, 7) is 1.05. The Hall–Kier alpha value is -0.250. The summed E-state index contributed by atoms with van der Waals surface area (Å²) in [7, 11) is 0. The Morgan fingerprint density at radius 2 is 2.00 bits per heavy atom. The van der Waals surface area contributed by atoms with Crippen LogP contribution in [0.25, 0.3) is 0 Å². The lowest BCUT2D eigenvalue weighted by atomic mass is 9.74. The molecule has 0 atom stereocenters. The van der Waals surface area contributed by atoms with Crippen molar-refractivity contribution in [3.63, 3.8) is 0 Å². The minimum absolute atomic E-state index is 0.0364. The highest BCUT2D eigenvalue weighted by Gasteiger charge is 2.31. The second kappa shape index (κ2) is 6.27. The van der Waals surface area contributed by atoms with Crippen LogP contribution in [0, 0.1) is 5.41 Å². The van der Waals surface area contributed by atoms with Crippen molar-refractivity contribution in [2.45, 2.75) is 32.1 Å². The standard InChI is InChI=1S/C14H19BrClNO/c15-11-4-5-13(12(16)8-11)17-9-14(10-18)6-2-1-3-7-14/h4-5,8,17-18H,1-3,6-7,9-10H2. The molecule has 1 aromatic carbocycles. The zero-order valence-electron chi connectivity index (χ0n) is 10.4. The topological polar surface area (TPSA) is 32.3 Å². The molecular formula is C14H19BrClNO. The Morgan fingerprint density at radius 3 is 2.61 bits per heavy atom. The maximum absolute atomic E-state index is 9.65. The fraction of sp³-hybridized carbons (Fsp3) is 0.571. The van der Waals surface area contributed by atoms with Gasteiger partial charge >= 0.3 is 0 Å². The van der Waals surface area contributed by atoms with Crippen LogP contribution in [0.1, 0.15) is 32.1 Å². The Labute approximate surface area is 122 Å². The number of hydrogen-bond donors (Lipinski definition) is 2. The van der Waals surface area contributed by atoms with Crippen LogP contribution in [-0.2, 0) is 0 Å². The van der Waals surface area contributed by atoms with Gasteiger partial charge < -0.3 is 10.4 Å². The monoisotopic (exact) mass is 331 g/mol. The maximum Gasteiger partial charge on any atom is 0.0648 e. The molecule has 0 aliphatic heterocycles. The highest BCUT2D eigenvalue weighted by molar-refractivity contribution is 9.10. The van der Waals surface area contributed by atoms with Gasteiger partial charge in [-0.2, -0.15) is 0 Å². The summed E-state index contributed by atoms with van der Waals surface area (Å²) in [5.41, 5.74) is 0.979. The summed E-state index contributed by atoms with van der Waals surface area (Å²) in [5, 5.41) is 13.8. The zero-order chi connectivity index (χ0) is 13.0. The fourth-order valence-corrected chi connectivity index (χ4v) is 3.35. The fourth-order valence-electron chi connectivity index (χ4n) is 2.61. The molecule has 1 aliphatic carbocycles. The quantitative estimate of drug-likeness (QED) is 0.853. The number of nitrogens with one attached hydrogen (secondary N) is 1. The third kappa shape index (κ3) is 3.40. The SMILES string of the molecule is OCC1(CNc2ccc(Br)cc2Cl)CCCCC1. The van der Waals surface area contributed by atoms with E-state index in [-0.39, 0.29) is 12.0 Å². The molecule has 0 saturated heterocycles. The Balaban J connectivity index is 2.01. The van der Waals surface area contributed by atoms with E-state index < -0.39 is 0 Å². The molecule has 1 aliphatic rings. The van der Waals surface area contributed by atoms with Crippen LogP contribution in [0.4, 0.5) is 5.69 Å². The lowest BCUT2D eigenvalue weighted by Crippen LogP contribution is -2.35. The molecule has 18 heavy (non-hydrogen) atoms. The molecule has 0 unspecified atom stereocenters. The third-order valence-electron chi connectivity index (χ3n) is 3.83. The highest BCUT2D eigenvalue weighted by atomic mass is 79.9. The van der Waals surface area contributed by atoms with Crippen molar-refractivity contribution in [2.75, 3.05) is 18.5 Å². The number of anilines is 1. The van der Waals surface area contributed by atoms with Gasteiger partial charge in [-0.15, -0.1) is 0 Å². The number of rotatable bonds is 4. The smallest absolute Gasteiger partial charge is 0.0648 e. The Morgan fingerprint density at radius 1 is 1.28 bits per heavy atom. The second-order valence-corrected chi connectivity index (χ2v) is 6.52. The third-order valence-corrected chi connectivity index (χ3v) is 4.64. The van der Waals surface area contributed by atoms with Gasteiger partial charge in [0.1, 0.15) is 0 Å². The van der Waals surface area contributed by atoms with Crippen LogP contribution in [0.5, 0.6) is 0 Å². The van der Waals surface area contributed by atoms with Crippen molar-refractivity contribution in [1.29, 1.82) is 0 Å². The number of aliphatic hydroxyl groups excluding tert-OH is 1.